The van der Waals surface area contributed by atoms with Crippen LogP contribution in [0.15, 0.2) is 59.6 Å². The molecule has 0 aliphatic rings. The number of rotatable bonds is 6. The molecule has 3 rings (SSSR count). The maximum absolute atomic E-state index is 12.1. The number of ether oxygens (including phenoxy) is 1. The molecule has 26 heavy (non-hydrogen) atoms. The molecule has 0 aliphatic carbocycles. The zero-order valence-corrected chi connectivity index (χ0v) is 15.3. The lowest BCUT2D eigenvalue weighted by molar-refractivity contribution is -0.139. The molecule has 5 nitrogen and oxygen atoms in total. The monoisotopic (exact) mass is 366 g/mol. The van der Waals surface area contributed by atoms with E-state index in [1.807, 2.05) is 54.0 Å². The lowest BCUT2D eigenvalue weighted by atomic mass is 10.1. The maximum Gasteiger partial charge on any atom is 0.341 e. The molecule has 0 N–H and O–H groups in total. The van der Waals surface area contributed by atoms with Crippen LogP contribution in [-0.2, 0) is 14.3 Å². The fourth-order valence-corrected chi connectivity index (χ4v) is 3.21. The Morgan fingerprint density at radius 1 is 1.19 bits per heavy atom. The van der Waals surface area contributed by atoms with E-state index in [1.165, 1.54) is 6.92 Å². The number of esters is 1. The van der Waals surface area contributed by atoms with Crippen molar-refractivity contribution >= 4 is 29.2 Å². The number of hydrogen-bond acceptors (Lipinski definition) is 5. The summed E-state index contributed by atoms with van der Waals surface area (Å²) in [5, 5.41) is 6.62. The van der Waals surface area contributed by atoms with Gasteiger partial charge in [0.1, 0.15) is 11.3 Å². The first-order chi connectivity index (χ1) is 12.6. The molecule has 0 saturated carbocycles. The summed E-state index contributed by atoms with van der Waals surface area (Å²) in [7, 11) is 0. The highest BCUT2D eigenvalue weighted by molar-refractivity contribution is 7.13. The van der Waals surface area contributed by atoms with Crippen LogP contribution in [-0.4, -0.2) is 28.1 Å². The Balaban J connectivity index is 2.13. The molecule has 6 heteroatoms. The molecule has 1 aromatic carbocycles. The third-order valence-electron chi connectivity index (χ3n) is 3.69. The normalized spacial score (nSPS) is 11.4. The zero-order chi connectivity index (χ0) is 18.5. The molecule has 0 fully saturated rings. The summed E-state index contributed by atoms with van der Waals surface area (Å²) in [6.07, 6.45) is 3.37. The third-order valence-corrected chi connectivity index (χ3v) is 4.57. The Morgan fingerprint density at radius 3 is 2.58 bits per heavy atom. The van der Waals surface area contributed by atoms with E-state index < -0.39 is 5.97 Å². The molecule has 0 spiro atoms. The van der Waals surface area contributed by atoms with Crippen LogP contribution in [0, 0.1) is 0 Å². The topological polar surface area (TPSA) is 61.2 Å². The van der Waals surface area contributed by atoms with Crippen LogP contribution in [0.1, 0.15) is 19.4 Å². The first kappa shape index (κ1) is 17.8. The highest BCUT2D eigenvalue weighted by Gasteiger charge is 2.19. The van der Waals surface area contributed by atoms with E-state index in [4.69, 9.17) is 4.74 Å². The van der Waals surface area contributed by atoms with Crippen molar-refractivity contribution in [3.63, 3.8) is 0 Å². The summed E-state index contributed by atoms with van der Waals surface area (Å²) in [6, 6.07) is 13.6. The summed E-state index contributed by atoms with van der Waals surface area (Å²) >= 11 is 1.55. The molecule has 0 atom stereocenters. The van der Waals surface area contributed by atoms with Gasteiger partial charge in [-0.3, -0.25) is 4.79 Å². The van der Waals surface area contributed by atoms with Crippen molar-refractivity contribution < 1.29 is 14.3 Å². The summed E-state index contributed by atoms with van der Waals surface area (Å²) in [4.78, 5) is 25.0. The van der Waals surface area contributed by atoms with E-state index in [0.717, 1.165) is 10.6 Å². The molecular weight excluding hydrogens is 348 g/mol. The number of ketones is 1. The van der Waals surface area contributed by atoms with Crippen LogP contribution in [0.4, 0.5) is 0 Å². The Hall–Kier alpha value is -2.99. The zero-order valence-electron chi connectivity index (χ0n) is 14.5. The predicted molar refractivity (Wildman–Crippen MR) is 102 cm³/mol. The van der Waals surface area contributed by atoms with Gasteiger partial charge in [-0.05, 0) is 43.5 Å². The predicted octanol–water partition coefficient (Wildman–Crippen LogP) is 4.14. The smallest absolute Gasteiger partial charge is 0.341 e. The third kappa shape index (κ3) is 3.81. The second kappa shape index (κ2) is 7.93. The van der Waals surface area contributed by atoms with Crippen LogP contribution in [0.2, 0.25) is 0 Å². The maximum atomic E-state index is 12.1. The largest absolute Gasteiger partial charge is 0.462 e. The van der Waals surface area contributed by atoms with Crippen LogP contribution in [0.25, 0.3) is 22.3 Å². The van der Waals surface area contributed by atoms with Crippen molar-refractivity contribution in [1.29, 1.82) is 0 Å². The number of thiophene rings is 1. The van der Waals surface area contributed by atoms with Crippen LogP contribution >= 0.6 is 11.3 Å². The molecule has 2 heterocycles. The summed E-state index contributed by atoms with van der Waals surface area (Å²) < 4.78 is 6.75. The van der Waals surface area contributed by atoms with E-state index in [2.05, 4.69) is 5.10 Å². The quantitative estimate of drug-likeness (QED) is 0.285. The number of Topliss-reactive ketones (excluding diaryl/α,β-unsaturated/α-hetero) is 1. The lowest BCUT2D eigenvalue weighted by Crippen LogP contribution is -2.13. The van der Waals surface area contributed by atoms with E-state index in [0.29, 0.717) is 11.3 Å². The first-order valence-electron chi connectivity index (χ1n) is 8.19. The molecule has 132 valence electrons. The van der Waals surface area contributed by atoms with E-state index in [9.17, 15) is 9.59 Å². The highest BCUT2D eigenvalue weighted by Crippen LogP contribution is 2.29. The van der Waals surface area contributed by atoms with Gasteiger partial charge in [0.15, 0.2) is 5.78 Å². The second-order valence-electron chi connectivity index (χ2n) is 5.53. The molecule has 0 radical (unpaired) electrons. The standard InChI is InChI=1S/C20H18N2O3S/c1-3-25-20(24)17(14(2)23)12-15-13-22(16-8-5-4-6-9-16)21-19(15)18-10-7-11-26-18/h4-13H,3H2,1-2H3/b17-12-. The molecule has 2 aromatic heterocycles. The number of carbonyl (C=O) groups is 2. The Morgan fingerprint density at radius 2 is 1.96 bits per heavy atom. The molecule has 0 aliphatic heterocycles. The fourth-order valence-electron chi connectivity index (χ4n) is 2.48. The highest BCUT2D eigenvalue weighted by atomic mass is 32.1. The van der Waals surface area contributed by atoms with E-state index in [1.54, 1.807) is 29.0 Å². The SMILES string of the molecule is CCOC(=O)/C(=C\c1cn(-c2ccccc2)nc1-c1cccs1)C(C)=O. The van der Waals surface area contributed by atoms with Gasteiger partial charge in [0.05, 0.1) is 17.2 Å². The second-order valence-corrected chi connectivity index (χ2v) is 6.47. The number of carbonyl (C=O) groups excluding carboxylic acids is 2. The van der Waals surface area contributed by atoms with Gasteiger partial charge in [0.2, 0.25) is 0 Å². The Kier molecular flexibility index (Phi) is 5.43. The van der Waals surface area contributed by atoms with Gasteiger partial charge in [-0.15, -0.1) is 11.3 Å². The van der Waals surface area contributed by atoms with Gasteiger partial charge in [0.25, 0.3) is 0 Å². The van der Waals surface area contributed by atoms with Gasteiger partial charge in [-0.25, -0.2) is 9.48 Å². The average molecular weight is 366 g/mol. The number of hydrogen-bond donors (Lipinski definition) is 0. The van der Waals surface area contributed by atoms with Crippen molar-refractivity contribution in [2.75, 3.05) is 6.61 Å². The molecule has 0 saturated heterocycles. The number of para-hydroxylation sites is 1. The van der Waals surface area contributed by atoms with Gasteiger partial charge < -0.3 is 4.74 Å². The van der Waals surface area contributed by atoms with Crippen molar-refractivity contribution in [2.24, 2.45) is 0 Å². The molecule has 0 bridgehead atoms. The van der Waals surface area contributed by atoms with Crippen molar-refractivity contribution in [1.82, 2.24) is 9.78 Å². The van der Waals surface area contributed by atoms with Gasteiger partial charge in [-0.2, -0.15) is 5.10 Å². The minimum atomic E-state index is -0.621. The van der Waals surface area contributed by atoms with E-state index >= 15 is 0 Å². The number of nitrogens with zero attached hydrogens (tertiary/aromatic N) is 2. The molecule has 3 aromatic rings. The lowest BCUT2D eigenvalue weighted by Gasteiger charge is -2.03. The van der Waals surface area contributed by atoms with Crippen LogP contribution in [0.5, 0.6) is 0 Å². The fraction of sp³-hybridized carbons (Fsp3) is 0.150. The van der Waals surface area contributed by atoms with Gasteiger partial charge >= 0.3 is 5.97 Å². The van der Waals surface area contributed by atoms with E-state index in [-0.39, 0.29) is 18.0 Å². The summed E-state index contributed by atoms with van der Waals surface area (Å²) in [5.74, 6) is -0.961. The average Bonchev–Trinajstić information content (AvgIpc) is 3.29. The number of benzene rings is 1. The van der Waals surface area contributed by atoms with Crippen molar-refractivity contribution in [2.45, 2.75) is 13.8 Å². The van der Waals surface area contributed by atoms with Gasteiger partial charge in [-0.1, -0.05) is 24.3 Å². The molecule has 0 amide bonds. The number of aromatic nitrogens is 2. The minimum absolute atomic E-state index is 0.0114. The van der Waals surface area contributed by atoms with Crippen molar-refractivity contribution in [3.8, 4) is 16.3 Å². The van der Waals surface area contributed by atoms with Crippen LogP contribution < -0.4 is 0 Å². The van der Waals surface area contributed by atoms with Gasteiger partial charge in [0, 0.05) is 11.8 Å². The van der Waals surface area contributed by atoms with Crippen molar-refractivity contribution in [3.05, 3.63) is 65.2 Å². The minimum Gasteiger partial charge on any atom is -0.462 e. The Bertz CT molecular complexity index is 941. The molecule has 0 unspecified atom stereocenters. The molecular formula is C20H18N2O3S. The summed E-state index contributed by atoms with van der Waals surface area (Å²) in [6.45, 7) is 3.28. The summed E-state index contributed by atoms with van der Waals surface area (Å²) in [5.41, 5.74) is 2.31. The first-order valence-corrected chi connectivity index (χ1v) is 9.07. The Labute approximate surface area is 155 Å². The van der Waals surface area contributed by atoms with Crippen LogP contribution in [0.3, 0.4) is 0 Å².